The van der Waals surface area contributed by atoms with Gasteiger partial charge >= 0.3 is 6.03 Å². The highest BCUT2D eigenvalue weighted by Crippen LogP contribution is 2.34. The first kappa shape index (κ1) is 19.5. The van der Waals surface area contributed by atoms with Crippen LogP contribution < -0.4 is 10.6 Å². The lowest BCUT2D eigenvalue weighted by atomic mass is 9.74. The third kappa shape index (κ3) is 4.00. The van der Waals surface area contributed by atoms with Crippen molar-refractivity contribution < 1.29 is 18.4 Å². The third-order valence-corrected chi connectivity index (χ3v) is 6.00. The van der Waals surface area contributed by atoms with E-state index < -0.39 is 11.6 Å². The average molecular weight is 399 g/mol. The molecule has 4 rings (SSSR count). The van der Waals surface area contributed by atoms with E-state index in [1.165, 1.54) is 18.2 Å². The van der Waals surface area contributed by atoms with E-state index >= 15 is 0 Å². The molecule has 2 N–H and O–H groups in total. The first-order chi connectivity index (χ1) is 14.0. The fraction of sp³-hybridized carbons (Fsp3) is 0.364. The van der Waals surface area contributed by atoms with Gasteiger partial charge in [0.15, 0.2) is 0 Å². The summed E-state index contributed by atoms with van der Waals surface area (Å²) in [7, 11) is 0. The number of amides is 3. The van der Waals surface area contributed by atoms with Crippen molar-refractivity contribution in [2.75, 3.05) is 13.1 Å². The molecule has 2 saturated heterocycles. The highest BCUT2D eigenvalue weighted by Gasteiger charge is 2.52. The Morgan fingerprint density at radius 2 is 1.69 bits per heavy atom. The van der Waals surface area contributed by atoms with Crippen LogP contribution in [0, 0.1) is 17.6 Å². The van der Waals surface area contributed by atoms with Gasteiger partial charge in [-0.05, 0) is 61.2 Å². The molecule has 1 unspecified atom stereocenters. The molecule has 3 amide bonds. The lowest BCUT2D eigenvalue weighted by Crippen LogP contribution is -2.57. The Balaban J connectivity index is 1.48. The zero-order chi connectivity index (χ0) is 20.4. The number of rotatable bonds is 5. The van der Waals surface area contributed by atoms with Crippen LogP contribution in [-0.2, 0) is 17.8 Å². The van der Waals surface area contributed by atoms with Crippen molar-refractivity contribution in [2.45, 2.75) is 31.3 Å². The number of piperidine rings is 1. The number of imide groups is 1. The second kappa shape index (κ2) is 7.91. The predicted molar refractivity (Wildman–Crippen MR) is 104 cm³/mol. The number of carbonyl (C=O) groups is 2. The first-order valence-electron chi connectivity index (χ1n) is 9.80. The topological polar surface area (TPSA) is 61.4 Å². The molecule has 2 heterocycles. The second-order valence-corrected chi connectivity index (χ2v) is 7.82. The van der Waals surface area contributed by atoms with Crippen molar-refractivity contribution in [3.8, 4) is 0 Å². The number of likely N-dealkylation sites (tertiary alicyclic amines) is 1. The molecule has 2 aromatic carbocycles. The van der Waals surface area contributed by atoms with Gasteiger partial charge in [-0.1, -0.05) is 30.3 Å². The lowest BCUT2D eigenvalue weighted by molar-refractivity contribution is -0.126. The van der Waals surface area contributed by atoms with E-state index in [2.05, 4.69) is 15.5 Å². The van der Waals surface area contributed by atoms with Crippen LogP contribution in [0.5, 0.6) is 0 Å². The summed E-state index contributed by atoms with van der Waals surface area (Å²) in [5, 5.41) is 5.15. The van der Waals surface area contributed by atoms with Gasteiger partial charge in [-0.2, -0.15) is 0 Å². The molecule has 0 saturated carbocycles. The van der Waals surface area contributed by atoms with E-state index in [4.69, 9.17) is 0 Å². The second-order valence-electron chi connectivity index (χ2n) is 7.82. The minimum atomic E-state index is -1.14. The molecule has 0 bridgehead atoms. The minimum absolute atomic E-state index is 0.0991. The molecule has 2 aliphatic heterocycles. The summed E-state index contributed by atoms with van der Waals surface area (Å²) >= 11 is 0. The third-order valence-electron chi connectivity index (χ3n) is 6.00. The molecule has 29 heavy (non-hydrogen) atoms. The Labute approximate surface area is 168 Å². The smallest absolute Gasteiger partial charge is 0.322 e. The van der Waals surface area contributed by atoms with Crippen molar-refractivity contribution in [1.82, 2.24) is 15.5 Å². The first-order valence-corrected chi connectivity index (χ1v) is 9.80. The Kier molecular flexibility index (Phi) is 5.32. The fourth-order valence-electron chi connectivity index (χ4n) is 4.44. The van der Waals surface area contributed by atoms with Crippen LogP contribution in [0.2, 0.25) is 0 Å². The van der Waals surface area contributed by atoms with Gasteiger partial charge in [0.25, 0.3) is 5.91 Å². The van der Waals surface area contributed by atoms with Gasteiger partial charge < -0.3 is 5.32 Å². The van der Waals surface area contributed by atoms with Crippen LogP contribution in [0.15, 0.2) is 48.5 Å². The average Bonchev–Trinajstić information content (AvgIpc) is 3.00. The van der Waals surface area contributed by atoms with Gasteiger partial charge in [0.1, 0.15) is 17.2 Å². The summed E-state index contributed by atoms with van der Waals surface area (Å²) in [5.74, 6) is -1.12. The molecule has 0 radical (unpaired) electrons. The van der Waals surface area contributed by atoms with E-state index in [0.717, 1.165) is 18.7 Å². The van der Waals surface area contributed by atoms with Crippen LogP contribution in [0.1, 0.15) is 24.0 Å². The highest BCUT2D eigenvalue weighted by atomic mass is 19.1. The van der Waals surface area contributed by atoms with Crippen molar-refractivity contribution in [3.05, 3.63) is 71.3 Å². The number of hydrogen-bond acceptors (Lipinski definition) is 3. The number of benzene rings is 2. The van der Waals surface area contributed by atoms with Gasteiger partial charge in [-0.25, -0.2) is 13.6 Å². The normalized spacial score (nSPS) is 23.1. The largest absolute Gasteiger partial charge is 0.323 e. The maximum absolute atomic E-state index is 14.3. The van der Waals surface area contributed by atoms with Gasteiger partial charge in [0.2, 0.25) is 0 Å². The highest BCUT2D eigenvalue weighted by molar-refractivity contribution is 6.07. The molecular formula is C22H23F2N3O2. The van der Waals surface area contributed by atoms with Crippen molar-refractivity contribution in [3.63, 3.8) is 0 Å². The summed E-state index contributed by atoms with van der Waals surface area (Å²) < 4.78 is 27.4. The molecule has 2 aliphatic rings. The van der Waals surface area contributed by atoms with Gasteiger partial charge in [0, 0.05) is 13.0 Å². The molecular weight excluding hydrogens is 376 g/mol. The van der Waals surface area contributed by atoms with E-state index in [1.54, 1.807) is 30.3 Å². The number of carbonyl (C=O) groups excluding carboxylic acids is 2. The van der Waals surface area contributed by atoms with Gasteiger partial charge in [-0.15, -0.1) is 0 Å². The number of nitrogens with one attached hydrogen (secondary N) is 2. The summed E-state index contributed by atoms with van der Waals surface area (Å²) in [6, 6.07) is 12.3. The number of halogens is 2. The summed E-state index contributed by atoms with van der Waals surface area (Å²) in [4.78, 5) is 26.9. The predicted octanol–water partition coefficient (Wildman–Crippen LogP) is 3.00. The lowest BCUT2D eigenvalue weighted by Gasteiger charge is -2.40. The van der Waals surface area contributed by atoms with Crippen LogP contribution in [0.4, 0.5) is 13.6 Å². The van der Waals surface area contributed by atoms with E-state index in [9.17, 15) is 18.4 Å². The maximum Gasteiger partial charge on any atom is 0.322 e. The molecule has 7 heteroatoms. The van der Waals surface area contributed by atoms with Crippen LogP contribution in [0.3, 0.4) is 0 Å². The zero-order valence-electron chi connectivity index (χ0n) is 16.0. The van der Waals surface area contributed by atoms with E-state index in [-0.39, 0.29) is 29.9 Å². The van der Waals surface area contributed by atoms with Crippen molar-refractivity contribution in [1.29, 1.82) is 0 Å². The van der Waals surface area contributed by atoms with Crippen LogP contribution >= 0.6 is 0 Å². The Morgan fingerprint density at radius 1 is 1.00 bits per heavy atom. The molecule has 2 fully saturated rings. The number of nitrogens with zero attached hydrogens (tertiary/aromatic N) is 1. The number of hydrogen-bond donors (Lipinski definition) is 2. The SMILES string of the molecule is O=C1NC(=O)C(Cc2ccccc2F)(C2CCN(Cc3ccc(F)cc3)CC2)N1. The van der Waals surface area contributed by atoms with E-state index in [0.29, 0.717) is 24.9 Å². The Hall–Kier alpha value is -2.80. The zero-order valence-corrected chi connectivity index (χ0v) is 16.0. The van der Waals surface area contributed by atoms with Crippen LogP contribution in [0.25, 0.3) is 0 Å². The van der Waals surface area contributed by atoms with Crippen molar-refractivity contribution in [2.24, 2.45) is 5.92 Å². The monoisotopic (exact) mass is 399 g/mol. The Morgan fingerprint density at radius 3 is 2.31 bits per heavy atom. The van der Waals surface area contributed by atoms with Crippen molar-refractivity contribution >= 4 is 11.9 Å². The molecule has 0 spiro atoms. The fourth-order valence-corrected chi connectivity index (χ4v) is 4.44. The van der Waals surface area contributed by atoms with E-state index in [1.807, 2.05) is 0 Å². The van der Waals surface area contributed by atoms with Gasteiger partial charge in [-0.3, -0.25) is 15.0 Å². The van der Waals surface area contributed by atoms with Crippen LogP contribution in [-0.4, -0.2) is 35.5 Å². The maximum atomic E-state index is 14.3. The molecule has 2 aromatic rings. The standard InChI is InChI=1S/C22H23F2N3O2/c23-18-7-5-15(6-8-18)14-27-11-9-17(10-12-27)22(20(28)25-21(29)26-22)13-16-3-1-2-4-19(16)24/h1-8,17H,9-14H2,(H2,25,26,28,29). The van der Waals surface area contributed by atoms with Gasteiger partial charge in [0.05, 0.1) is 0 Å². The Bertz CT molecular complexity index is 911. The molecule has 152 valence electrons. The quantitative estimate of drug-likeness (QED) is 0.760. The summed E-state index contributed by atoms with van der Waals surface area (Å²) in [6.07, 6.45) is 1.52. The summed E-state index contributed by atoms with van der Waals surface area (Å²) in [5.41, 5.74) is 0.303. The molecule has 0 aliphatic carbocycles. The molecule has 0 aromatic heterocycles. The number of urea groups is 1. The summed E-state index contributed by atoms with van der Waals surface area (Å²) in [6.45, 7) is 2.18. The molecule has 5 nitrogen and oxygen atoms in total. The molecule has 1 atom stereocenters. The minimum Gasteiger partial charge on any atom is -0.323 e.